The van der Waals surface area contributed by atoms with E-state index in [-0.39, 0.29) is 39.1 Å². The number of hydrogen-bond acceptors (Lipinski definition) is 20. The summed E-state index contributed by atoms with van der Waals surface area (Å²) in [6, 6.07) is 51.7. The molecule has 0 aliphatic heterocycles. The molecule has 0 aliphatic rings. The summed E-state index contributed by atoms with van der Waals surface area (Å²) >= 11 is 12.9. The van der Waals surface area contributed by atoms with Gasteiger partial charge in [0.1, 0.15) is 11.8 Å². The molecule has 0 aliphatic carbocycles. The molecule has 2 amide bonds. The van der Waals surface area contributed by atoms with Crippen molar-refractivity contribution in [3.05, 3.63) is 250 Å². The Labute approximate surface area is 579 Å². The fourth-order valence-electron chi connectivity index (χ4n) is 11.2. The first kappa shape index (κ1) is 67.1. The molecule has 0 spiro atoms. The third-order valence-electron chi connectivity index (χ3n) is 15.7. The summed E-state index contributed by atoms with van der Waals surface area (Å²) in [6.07, 6.45) is 0. The molecule has 15 rings (SSSR count). The Hall–Kier alpha value is -13.9. The number of thiazole rings is 1. The predicted molar refractivity (Wildman–Crippen MR) is 402 cm³/mol. The van der Waals surface area contributed by atoms with Gasteiger partial charge in [0.2, 0.25) is 11.8 Å². The molecule has 101 heavy (non-hydrogen) atoms. The number of carbonyl (C=O) groups is 2. The van der Waals surface area contributed by atoms with E-state index < -0.39 is 27.5 Å². The molecule has 29 nitrogen and oxygen atoms in total. The minimum atomic E-state index is -0.589. The number of aromatic amines is 2. The Morgan fingerprint density at radius 1 is 0.505 bits per heavy atom. The number of nitrogens with one attached hydrogen (secondary N) is 4. The van der Waals surface area contributed by atoms with Crippen molar-refractivity contribution < 1.29 is 19.4 Å². The van der Waals surface area contributed by atoms with Gasteiger partial charge in [0.05, 0.1) is 75.6 Å². The zero-order valence-corrected chi connectivity index (χ0v) is 54.3. The fraction of sp³-hybridized carbons (Fsp3) is 0.0290. The highest BCUT2D eigenvalue weighted by atomic mass is 35.5. The molecule has 0 saturated heterocycles. The first-order valence-corrected chi connectivity index (χ1v) is 31.7. The van der Waals surface area contributed by atoms with Crippen molar-refractivity contribution in [3.63, 3.8) is 0 Å². The van der Waals surface area contributed by atoms with Crippen molar-refractivity contribution in [2.24, 2.45) is 10.2 Å². The molecular formula is C69H49Cl2N21O8S. The van der Waals surface area contributed by atoms with Gasteiger partial charge >= 0.3 is 0 Å². The smallest absolute Gasteiger partial charge is 0.271 e. The van der Waals surface area contributed by atoms with Crippen molar-refractivity contribution in [1.82, 2.24) is 24.9 Å². The van der Waals surface area contributed by atoms with Gasteiger partial charge in [-0.05, 0) is 163 Å². The van der Waals surface area contributed by atoms with Crippen LogP contribution in [0, 0.1) is 20.2 Å². The lowest BCUT2D eigenvalue weighted by Crippen LogP contribution is -2.27. The Kier molecular flexibility index (Phi) is 18.9. The summed E-state index contributed by atoms with van der Waals surface area (Å²) in [5.74, 6) is -1.57. The number of amides is 2. The number of hydrogen-bond donors (Lipinski definition) is 9. The lowest BCUT2D eigenvalue weighted by molar-refractivity contribution is -0.384. The number of non-ortho nitro benzene ring substituents is 2. The Bertz CT molecular complexity index is 5910. The van der Waals surface area contributed by atoms with Crippen LogP contribution in [0.3, 0.4) is 0 Å². The Morgan fingerprint density at radius 2 is 0.931 bits per heavy atom. The molecular weight excluding hydrogens is 1350 g/mol. The van der Waals surface area contributed by atoms with Crippen LogP contribution in [-0.2, 0) is 9.59 Å². The SMILES string of the molecule is Nc1ccc2c(=O)c3ccc(N)cc3[nH]c2c1.Nc1ccc2c(Nc3ccc4nc(N)sc4c3)c3ccc(N)cc3nc2c1.O=C(CCl)Nc1ccc(N(C(=O)CCl)c2c3ccc([N+](=O)[O-])cc3nc3cc([N+](=O)[O-])ccc23)cc1.[N-]=[N+]=Nc1ccc2c(=O)c3ccc(N=[N+]=[N-])cc3[nH]c2c1. The number of nitro groups is 2. The second-order valence-electron chi connectivity index (χ2n) is 22.2. The van der Waals surface area contributed by atoms with Crippen molar-refractivity contribution in [3.8, 4) is 0 Å². The predicted octanol–water partition coefficient (Wildman–Crippen LogP) is 16.2. The van der Waals surface area contributed by atoms with Crippen LogP contribution in [0.25, 0.3) is 118 Å². The number of nitrogens with zero attached hydrogens (tertiary/aromatic N) is 12. The van der Waals surface area contributed by atoms with E-state index in [4.69, 9.17) is 67.9 Å². The van der Waals surface area contributed by atoms with Gasteiger partial charge in [-0.15, -0.1) is 23.2 Å². The number of carbonyl (C=O) groups excluding carboxylic acids is 2. The topological polar surface area (TPSA) is 480 Å². The molecule has 15 aromatic rings. The Morgan fingerprint density at radius 3 is 1.39 bits per heavy atom. The monoisotopic (exact) mass is 1400 g/mol. The number of alkyl halides is 2. The number of nitro benzene ring substituents is 2. The zero-order valence-electron chi connectivity index (χ0n) is 52.0. The largest absolute Gasteiger partial charge is 0.399 e. The van der Waals surface area contributed by atoms with Crippen molar-refractivity contribution >= 4 is 223 Å². The molecule has 0 unspecified atom stereocenters. The lowest BCUT2D eigenvalue weighted by atomic mass is 10.0. The van der Waals surface area contributed by atoms with Gasteiger partial charge in [-0.25, -0.2) is 15.0 Å². The number of nitrogens with two attached hydrogens (primary N) is 5. The number of H-pyrrole nitrogens is 2. The molecule has 14 N–H and O–H groups in total. The molecule has 0 atom stereocenters. The van der Waals surface area contributed by atoms with Crippen LogP contribution >= 0.6 is 34.5 Å². The van der Waals surface area contributed by atoms with E-state index in [0.29, 0.717) is 99.7 Å². The molecule has 5 heterocycles. The van der Waals surface area contributed by atoms with Crippen LogP contribution in [0.2, 0.25) is 0 Å². The minimum Gasteiger partial charge on any atom is -0.399 e. The number of pyridine rings is 4. The van der Waals surface area contributed by atoms with E-state index in [2.05, 4.69) is 56.7 Å². The van der Waals surface area contributed by atoms with E-state index in [0.717, 1.165) is 54.4 Å². The highest BCUT2D eigenvalue weighted by Gasteiger charge is 2.26. The van der Waals surface area contributed by atoms with E-state index in [1.165, 1.54) is 52.6 Å². The maximum absolute atomic E-state index is 13.1. The molecule has 498 valence electrons. The van der Waals surface area contributed by atoms with Crippen LogP contribution < -0.4 is 55.1 Å². The maximum Gasteiger partial charge on any atom is 0.271 e. The number of anilines is 10. The quantitative estimate of drug-likeness (QED) is 0.00849. The van der Waals surface area contributed by atoms with Gasteiger partial charge in [-0.2, -0.15) is 0 Å². The average molecular weight is 1400 g/mol. The molecule has 10 aromatic carbocycles. The number of aromatic nitrogens is 5. The third kappa shape index (κ3) is 14.2. The first-order chi connectivity index (χ1) is 48.7. The molecule has 0 fully saturated rings. The van der Waals surface area contributed by atoms with Gasteiger partial charge in [0.15, 0.2) is 16.0 Å². The van der Waals surface area contributed by atoms with E-state index >= 15 is 0 Å². The van der Waals surface area contributed by atoms with Crippen LogP contribution in [0.1, 0.15) is 0 Å². The second-order valence-corrected chi connectivity index (χ2v) is 23.8. The van der Waals surface area contributed by atoms with Crippen molar-refractivity contribution in [2.45, 2.75) is 0 Å². The number of rotatable bonds is 11. The van der Waals surface area contributed by atoms with Gasteiger partial charge < -0.3 is 49.3 Å². The normalized spacial score (nSPS) is 10.9. The van der Waals surface area contributed by atoms with E-state index in [1.807, 2.05) is 48.5 Å². The second kappa shape index (κ2) is 28.4. The van der Waals surface area contributed by atoms with Gasteiger partial charge in [0, 0.05) is 128 Å². The number of nitrogen functional groups attached to an aromatic ring is 5. The van der Waals surface area contributed by atoms with Gasteiger partial charge in [-0.1, -0.05) is 33.7 Å². The zero-order chi connectivity index (χ0) is 71.3. The van der Waals surface area contributed by atoms with Crippen LogP contribution in [-0.4, -0.2) is 58.3 Å². The summed E-state index contributed by atoms with van der Waals surface area (Å²) in [6.45, 7) is 0. The Balaban J connectivity index is 0.000000132. The fourth-order valence-corrected chi connectivity index (χ4v) is 12.2. The van der Waals surface area contributed by atoms with Crippen molar-refractivity contribution in [2.75, 3.05) is 56.0 Å². The molecule has 5 aromatic heterocycles. The van der Waals surface area contributed by atoms with Crippen LogP contribution in [0.4, 0.5) is 79.1 Å². The molecule has 0 radical (unpaired) electrons. The summed E-state index contributed by atoms with van der Waals surface area (Å²) in [5.41, 5.74) is 57.3. The average Bonchev–Trinajstić information content (AvgIpc) is 0.912. The van der Waals surface area contributed by atoms with Gasteiger partial charge in [-0.3, -0.25) is 44.3 Å². The highest BCUT2D eigenvalue weighted by molar-refractivity contribution is 7.22. The number of halogens is 2. The summed E-state index contributed by atoms with van der Waals surface area (Å²) in [7, 11) is 0. The standard InChI is InChI=1S/C23H15Cl2N5O6.C20H16N6S.C13H7N7O.C13H11N3O/c24-11-21(31)26-13-1-3-14(4-2-13)28(22(32)12-25)23-17-7-5-15(29(33)34)9-19(17)27-20-10-16(30(35)36)6-8-18(20)23;21-10-1-4-13-16(7-10)25-17-8-11(22)2-5-14(17)19(13)24-12-3-6-15-18(9-12)27-20(23)26-15;14-19-17-7-1-3-9-11(5-7)16-12-6-8(18-20-15)2-4-10(12)13(9)21;14-7-1-3-9-11(5-7)16-12-6-8(15)2-4-10(12)13(9)17/h1-10H,11-12H2,(H,26,31);1-9H,21-22H2,(H2,23,26)(H,24,25);1-6H,(H,16,21);1-6H,14-15H2,(H,16,17). The van der Waals surface area contributed by atoms with Crippen LogP contribution in [0.5, 0.6) is 0 Å². The van der Waals surface area contributed by atoms with Crippen molar-refractivity contribution in [1.29, 1.82) is 0 Å². The summed E-state index contributed by atoms with van der Waals surface area (Å²) in [5, 5.41) is 41.4. The maximum atomic E-state index is 13.1. The lowest BCUT2D eigenvalue weighted by Gasteiger charge is -2.25. The number of fused-ring (bicyclic) bond motifs is 9. The van der Waals surface area contributed by atoms with E-state index in [9.17, 15) is 39.4 Å². The first-order valence-electron chi connectivity index (χ1n) is 29.8. The summed E-state index contributed by atoms with van der Waals surface area (Å²) < 4.78 is 1.04. The number of benzene rings is 10. The minimum absolute atomic E-state index is 0.00579. The number of azide groups is 2. The third-order valence-corrected chi connectivity index (χ3v) is 17.0. The highest BCUT2D eigenvalue weighted by Crippen LogP contribution is 2.42. The van der Waals surface area contributed by atoms with E-state index in [1.54, 1.807) is 97.1 Å². The molecule has 32 heteroatoms. The molecule has 0 bridgehead atoms. The van der Waals surface area contributed by atoms with Gasteiger partial charge in [0.25, 0.3) is 11.4 Å². The summed E-state index contributed by atoms with van der Waals surface area (Å²) in [4.78, 5) is 97.3. The van der Waals surface area contributed by atoms with Crippen LogP contribution in [0.15, 0.2) is 208 Å². The molecule has 0 saturated carbocycles.